The molecule has 1 saturated carbocycles. The van der Waals surface area contributed by atoms with Crippen molar-refractivity contribution in [3.8, 4) is 5.75 Å². The lowest BCUT2D eigenvalue weighted by atomic mass is 10.1. The number of anilines is 1. The molecule has 0 spiro atoms. The second-order valence-electron chi connectivity index (χ2n) is 6.12. The minimum absolute atomic E-state index is 0.0848. The van der Waals surface area contributed by atoms with E-state index in [9.17, 15) is 9.18 Å². The van der Waals surface area contributed by atoms with E-state index < -0.39 is 0 Å². The summed E-state index contributed by atoms with van der Waals surface area (Å²) >= 11 is 0. The smallest absolute Gasteiger partial charge is 0.224 e. The molecule has 1 aliphatic carbocycles. The summed E-state index contributed by atoms with van der Waals surface area (Å²) in [5.74, 6) is 0.547. The molecule has 1 amide bonds. The normalized spacial score (nSPS) is 20.9. The highest BCUT2D eigenvalue weighted by Gasteiger charge is 2.23. The van der Waals surface area contributed by atoms with Crippen molar-refractivity contribution in [2.24, 2.45) is 5.92 Å². The lowest BCUT2D eigenvalue weighted by molar-refractivity contribution is -0.116. The molecular weight excluding hydrogens is 285 g/mol. The van der Waals surface area contributed by atoms with Gasteiger partial charge in [-0.05, 0) is 50.2 Å². The molecule has 22 heavy (non-hydrogen) atoms. The number of carbonyl (C=O) groups excluding carboxylic acids is 1. The molecule has 1 aromatic rings. The van der Waals surface area contributed by atoms with Crippen LogP contribution in [0.15, 0.2) is 18.2 Å². The topological polar surface area (TPSA) is 47.6 Å². The Kier molecular flexibility index (Phi) is 4.93. The number of rotatable bonds is 7. The first kappa shape index (κ1) is 15.3. The maximum absolute atomic E-state index is 13.4. The van der Waals surface area contributed by atoms with Crippen molar-refractivity contribution in [2.75, 3.05) is 18.5 Å². The van der Waals surface area contributed by atoms with Gasteiger partial charge in [0.2, 0.25) is 5.91 Å². The van der Waals surface area contributed by atoms with E-state index >= 15 is 0 Å². The summed E-state index contributed by atoms with van der Waals surface area (Å²) in [6, 6.07) is 4.22. The molecule has 2 fully saturated rings. The van der Waals surface area contributed by atoms with Gasteiger partial charge in [-0.2, -0.15) is 0 Å². The Bertz CT molecular complexity index is 525. The van der Waals surface area contributed by atoms with Gasteiger partial charge in [-0.25, -0.2) is 4.39 Å². The van der Waals surface area contributed by atoms with Crippen LogP contribution in [0.5, 0.6) is 5.75 Å². The zero-order valence-corrected chi connectivity index (χ0v) is 12.6. The Balaban J connectivity index is 1.53. The van der Waals surface area contributed by atoms with Crippen molar-refractivity contribution in [1.29, 1.82) is 0 Å². The van der Waals surface area contributed by atoms with Crippen LogP contribution in [0.2, 0.25) is 0 Å². The molecule has 1 saturated heterocycles. The first-order chi connectivity index (χ1) is 10.7. The average molecular weight is 307 g/mol. The summed E-state index contributed by atoms with van der Waals surface area (Å²) in [6.45, 7) is 1.38. The summed E-state index contributed by atoms with van der Waals surface area (Å²) in [5.41, 5.74) is 0.541. The van der Waals surface area contributed by atoms with Gasteiger partial charge in [0.15, 0.2) is 0 Å². The molecule has 0 bridgehead atoms. The highest BCUT2D eigenvalue weighted by atomic mass is 19.1. The van der Waals surface area contributed by atoms with E-state index in [-0.39, 0.29) is 17.8 Å². The Hall–Kier alpha value is -1.62. The average Bonchev–Trinajstić information content (AvgIpc) is 3.19. The van der Waals surface area contributed by atoms with Gasteiger partial charge < -0.3 is 14.8 Å². The fourth-order valence-electron chi connectivity index (χ4n) is 2.59. The number of ether oxygens (including phenoxy) is 2. The van der Waals surface area contributed by atoms with Crippen LogP contribution < -0.4 is 10.1 Å². The van der Waals surface area contributed by atoms with Gasteiger partial charge in [-0.3, -0.25) is 4.79 Å². The van der Waals surface area contributed by atoms with E-state index in [1.165, 1.54) is 25.0 Å². The van der Waals surface area contributed by atoms with Crippen LogP contribution in [0, 0.1) is 11.7 Å². The summed E-state index contributed by atoms with van der Waals surface area (Å²) in [6.07, 6.45) is 5.76. The molecule has 3 rings (SSSR count). The van der Waals surface area contributed by atoms with E-state index in [2.05, 4.69) is 5.32 Å². The van der Waals surface area contributed by atoms with Crippen molar-refractivity contribution < 1.29 is 18.7 Å². The predicted octanol–water partition coefficient (Wildman–Crippen LogP) is 3.51. The molecule has 5 heteroatoms. The second kappa shape index (κ2) is 7.09. The molecule has 4 nitrogen and oxygen atoms in total. The van der Waals surface area contributed by atoms with Gasteiger partial charge >= 0.3 is 0 Å². The third-order valence-electron chi connectivity index (χ3n) is 4.11. The number of benzene rings is 1. The Morgan fingerprint density at radius 3 is 2.95 bits per heavy atom. The lowest BCUT2D eigenvalue weighted by Crippen LogP contribution is -2.16. The number of halogens is 1. The summed E-state index contributed by atoms with van der Waals surface area (Å²) < 4.78 is 24.5. The fourth-order valence-corrected chi connectivity index (χ4v) is 2.59. The van der Waals surface area contributed by atoms with Gasteiger partial charge in [0.1, 0.15) is 11.6 Å². The number of nitrogens with one attached hydrogen (secondary N) is 1. The summed E-state index contributed by atoms with van der Waals surface area (Å²) in [7, 11) is 0. The number of hydrogen-bond acceptors (Lipinski definition) is 3. The van der Waals surface area contributed by atoms with Crippen molar-refractivity contribution in [3.63, 3.8) is 0 Å². The molecule has 1 atom stereocenters. The molecule has 2 aliphatic rings. The van der Waals surface area contributed by atoms with E-state index in [0.29, 0.717) is 30.4 Å². The Labute approximate surface area is 130 Å². The number of hydrogen-bond donors (Lipinski definition) is 1. The van der Waals surface area contributed by atoms with E-state index in [1.54, 1.807) is 6.07 Å². The van der Waals surface area contributed by atoms with Gasteiger partial charge in [0, 0.05) is 19.1 Å². The molecule has 1 heterocycles. The van der Waals surface area contributed by atoms with Crippen LogP contribution in [-0.2, 0) is 9.53 Å². The lowest BCUT2D eigenvalue weighted by Gasteiger charge is -2.13. The van der Waals surface area contributed by atoms with Crippen LogP contribution >= 0.6 is 0 Å². The standard InChI is InChI=1S/C17H22FNO3/c18-13-5-7-15(16(10-13)22-11-12-3-4-12)19-17(20)8-6-14-2-1-9-21-14/h5,7,10,12,14H,1-4,6,8-9,11H2,(H,19,20)/t14-/m0/s1. The molecule has 1 N–H and O–H groups in total. The van der Waals surface area contributed by atoms with Crippen molar-refractivity contribution >= 4 is 11.6 Å². The first-order valence-corrected chi connectivity index (χ1v) is 8.04. The number of amides is 1. The second-order valence-corrected chi connectivity index (χ2v) is 6.12. The highest BCUT2D eigenvalue weighted by molar-refractivity contribution is 5.92. The van der Waals surface area contributed by atoms with Gasteiger partial charge in [0.25, 0.3) is 0 Å². The molecule has 1 aliphatic heterocycles. The van der Waals surface area contributed by atoms with Crippen molar-refractivity contribution in [3.05, 3.63) is 24.0 Å². The molecule has 120 valence electrons. The zero-order valence-electron chi connectivity index (χ0n) is 12.6. The first-order valence-electron chi connectivity index (χ1n) is 8.04. The van der Waals surface area contributed by atoms with E-state index in [0.717, 1.165) is 25.9 Å². The van der Waals surface area contributed by atoms with Crippen molar-refractivity contribution in [2.45, 2.75) is 44.6 Å². The highest BCUT2D eigenvalue weighted by Crippen LogP contribution is 2.32. The monoisotopic (exact) mass is 307 g/mol. The Morgan fingerprint density at radius 2 is 2.23 bits per heavy atom. The van der Waals surface area contributed by atoms with E-state index in [1.807, 2.05) is 0 Å². The predicted molar refractivity (Wildman–Crippen MR) is 81.5 cm³/mol. The minimum atomic E-state index is -0.358. The van der Waals surface area contributed by atoms with Crippen LogP contribution in [0.1, 0.15) is 38.5 Å². The SMILES string of the molecule is O=C(CC[C@@H]1CCCO1)Nc1ccc(F)cc1OCC1CC1. The largest absolute Gasteiger partial charge is 0.491 e. The molecule has 0 radical (unpaired) electrons. The third-order valence-corrected chi connectivity index (χ3v) is 4.11. The maximum Gasteiger partial charge on any atom is 0.224 e. The molecular formula is C17H22FNO3. The molecule has 0 aromatic heterocycles. The van der Waals surface area contributed by atoms with Gasteiger partial charge in [-0.1, -0.05) is 0 Å². The van der Waals surface area contributed by atoms with Gasteiger partial charge in [0.05, 0.1) is 18.4 Å². The minimum Gasteiger partial charge on any atom is -0.491 e. The number of carbonyl (C=O) groups is 1. The van der Waals surface area contributed by atoms with Crippen LogP contribution in [0.25, 0.3) is 0 Å². The quantitative estimate of drug-likeness (QED) is 0.838. The summed E-state index contributed by atoms with van der Waals surface area (Å²) in [5, 5.41) is 2.82. The Morgan fingerprint density at radius 1 is 1.36 bits per heavy atom. The van der Waals surface area contributed by atoms with Gasteiger partial charge in [-0.15, -0.1) is 0 Å². The van der Waals surface area contributed by atoms with Crippen LogP contribution in [0.3, 0.4) is 0 Å². The van der Waals surface area contributed by atoms with E-state index in [4.69, 9.17) is 9.47 Å². The van der Waals surface area contributed by atoms with Crippen molar-refractivity contribution in [1.82, 2.24) is 0 Å². The maximum atomic E-state index is 13.4. The van der Waals surface area contributed by atoms with Crippen LogP contribution in [-0.4, -0.2) is 25.2 Å². The zero-order chi connectivity index (χ0) is 15.4. The molecule has 0 unspecified atom stereocenters. The summed E-state index contributed by atoms with van der Waals surface area (Å²) in [4.78, 5) is 12.0. The molecule has 1 aromatic carbocycles. The van der Waals surface area contributed by atoms with Crippen LogP contribution in [0.4, 0.5) is 10.1 Å². The fraction of sp³-hybridized carbons (Fsp3) is 0.588. The third kappa shape index (κ3) is 4.44.